The fraction of sp³-hybridized carbons (Fsp3) is 0.571. The van der Waals surface area contributed by atoms with Gasteiger partial charge in [-0.25, -0.2) is 0 Å². The first-order chi connectivity index (χ1) is 8.41. The van der Waals surface area contributed by atoms with Gasteiger partial charge in [-0.3, -0.25) is 0 Å². The van der Waals surface area contributed by atoms with E-state index in [4.69, 9.17) is 27.9 Å². The molecule has 4 heteroatoms. The van der Waals surface area contributed by atoms with Crippen LogP contribution in [0.1, 0.15) is 38.3 Å². The molecule has 102 valence electrons. The number of hydrogen-bond acceptors (Lipinski definition) is 2. The van der Waals surface area contributed by atoms with Crippen molar-refractivity contribution in [2.75, 3.05) is 14.2 Å². The molecule has 0 fully saturated rings. The lowest BCUT2D eigenvalue weighted by Gasteiger charge is -2.26. The third-order valence-electron chi connectivity index (χ3n) is 3.28. The molecule has 0 spiro atoms. The molecule has 2 nitrogen and oxygen atoms in total. The molecule has 1 atom stereocenters. The van der Waals surface area contributed by atoms with E-state index in [9.17, 15) is 0 Å². The van der Waals surface area contributed by atoms with E-state index in [1.165, 1.54) is 0 Å². The summed E-state index contributed by atoms with van der Waals surface area (Å²) in [6.45, 7) is 4.15. The van der Waals surface area contributed by atoms with E-state index in [2.05, 4.69) is 19.2 Å². The van der Waals surface area contributed by atoms with Crippen molar-refractivity contribution in [3.63, 3.8) is 0 Å². The summed E-state index contributed by atoms with van der Waals surface area (Å²) in [5, 5.41) is 4.68. The summed E-state index contributed by atoms with van der Waals surface area (Å²) in [4.78, 5) is 0. The van der Waals surface area contributed by atoms with Gasteiger partial charge in [0.1, 0.15) is 0 Å². The molecule has 1 N–H and O–H groups in total. The first-order valence-corrected chi connectivity index (χ1v) is 6.83. The molecule has 0 bridgehead atoms. The maximum Gasteiger partial charge on any atom is 0.0623 e. The van der Waals surface area contributed by atoms with E-state index in [1.807, 2.05) is 25.2 Å². The highest BCUT2D eigenvalue weighted by Crippen LogP contribution is 2.33. The zero-order valence-corrected chi connectivity index (χ0v) is 12.9. The lowest BCUT2D eigenvalue weighted by Crippen LogP contribution is -2.26. The zero-order chi connectivity index (χ0) is 13.8. The summed E-state index contributed by atoms with van der Waals surface area (Å²) in [6.07, 6.45) is 1.84. The van der Waals surface area contributed by atoms with Gasteiger partial charge < -0.3 is 10.1 Å². The molecule has 0 aromatic heterocycles. The molecule has 0 aliphatic rings. The Bertz CT molecular complexity index is 373. The molecule has 0 saturated heterocycles. The molecule has 0 saturated carbocycles. The highest BCUT2D eigenvalue weighted by Gasteiger charge is 2.22. The Morgan fingerprint density at radius 3 is 2.28 bits per heavy atom. The van der Waals surface area contributed by atoms with E-state index in [0.717, 1.165) is 18.4 Å². The summed E-state index contributed by atoms with van der Waals surface area (Å²) in [6, 6.07) is 5.74. The normalized spacial score (nSPS) is 13.7. The number of benzene rings is 1. The molecule has 0 heterocycles. The van der Waals surface area contributed by atoms with E-state index in [-0.39, 0.29) is 11.6 Å². The van der Waals surface area contributed by atoms with Crippen LogP contribution in [-0.4, -0.2) is 19.8 Å². The first-order valence-electron chi connectivity index (χ1n) is 6.07. The van der Waals surface area contributed by atoms with Gasteiger partial charge in [0.2, 0.25) is 0 Å². The van der Waals surface area contributed by atoms with Crippen LogP contribution < -0.4 is 5.32 Å². The van der Waals surface area contributed by atoms with Crippen LogP contribution in [0.15, 0.2) is 18.2 Å². The summed E-state index contributed by atoms with van der Waals surface area (Å²) in [7, 11) is 3.65. The predicted octanol–water partition coefficient (Wildman–Crippen LogP) is 4.46. The average molecular weight is 290 g/mol. The quantitative estimate of drug-likeness (QED) is 0.835. The second kappa shape index (κ2) is 6.76. The summed E-state index contributed by atoms with van der Waals surface area (Å²) < 4.78 is 5.44. The molecule has 1 unspecified atom stereocenters. The highest BCUT2D eigenvalue weighted by atomic mass is 35.5. The maximum absolute atomic E-state index is 6.23. The van der Waals surface area contributed by atoms with E-state index >= 15 is 0 Å². The van der Waals surface area contributed by atoms with Crippen molar-refractivity contribution in [2.45, 2.75) is 38.3 Å². The largest absolute Gasteiger partial charge is 0.379 e. The van der Waals surface area contributed by atoms with E-state index < -0.39 is 0 Å². The van der Waals surface area contributed by atoms with Crippen LogP contribution in [0.5, 0.6) is 0 Å². The molecule has 0 aliphatic carbocycles. The molecule has 0 aliphatic heterocycles. The third-order valence-corrected chi connectivity index (χ3v) is 3.94. The Hall–Kier alpha value is -0.280. The second-order valence-electron chi connectivity index (χ2n) is 4.98. The van der Waals surface area contributed by atoms with Gasteiger partial charge in [-0.15, -0.1) is 0 Å². The van der Waals surface area contributed by atoms with Crippen molar-refractivity contribution in [1.29, 1.82) is 0 Å². The minimum atomic E-state index is -0.136. The zero-order valence-electron chi connectivity index (χ0n) is 11.4. The van der Waals surface area contributed by atoms with Crippen molar-refractivity contribution in [2.24, 2.45) is 0 Å². The average Bonchev–Trinajstić information content (AvgIpc) is 2.33. The highest BCUT2D eigenvalue weighted by molar-refractivity contribution is 6.36. The number of nitrogens with one attached hydrogen (secondary N) is 1. The third kappa shape index (κ3) is 4.13. The monoisotopic (exact) mass is 289 g/mol. The molecule has 1 aromatic carbocycles. The summed E-state index contributed by atoms with van der Waals surface area (Å²) in [5.74, 6) is 0. The molecular weight excluding hydrogens is 269 g/mol. The van der Waals surface area contributed by atoms with Crippen molar-refractivity contribution in [3.8, 4) is 0 Å². The van der Waals surface area contributed by atoms with Crippen LogP contribution in [0.2, 0.25) is 10.0 Å². The fourth-order valence-corrected chi connectivity index (χ4v) is 2.53. The van der Waals surface area contributed by atoms with Gasteiger partial charge in [0.05, 0.1) is 5.60 Å². The van der Waals surface area contributed by atoms with Gasteiger partial charge >= 0.3 is 0 Å². The number of methoxy groups -OCH3 is 1. The lowest BCUT2D eigenvalue weighted by molar-refractivity contribution is 0.0118. The Morgan fingerprint density at radius 1 is 1.28 bits per heavy atom. The first kappa shape index (κ1) is 15.8. The number of ether oxygens (including phenoxy) is 1. The molecule has 0 radical (unpaired) electrons. The van der Waals surface area contributed by atoms with Crippen LogP contribution >= 0.6 is 23.2 Å². The number of halogens is 2. The van der Waals surface area contributed by atoms with Gasteiger partial charge in [0.25, 0.3) is 0 Å². The summed E-state index contributed by atoms with van der Waals surface area (Å²) >= 11 is 12.5. The SMILES string of the molecule is CNC(CCC(C)(C)OC)c1c(Cl)cccc1Cl. The van der Waals surface area contributed by atoms with Crippen LogP contribution in [0.25, 0.3) is 0 Å². The Balaban J connectivity index is 2.84. The lowest BCUT2D eigenvalue weighted by atomic mass is 9.95. The second-order valence-corrected chi connectivity index (χ2v) is 5.79. The maximum atomic E-state index is 6.23. The van der Waals surface area contributed by atoms with Crippen molar-refractivity contribution < 1.29 is 4.74 Å². The minimum Gasteiger partial charge on any atom is -0.379 e. The van der Waals surface area contributed by atoms with Crippen LogP contribution in [0, 0.1) is 0 Å². The van der Waals surface area contributed by atoms with Gasteiger partial charge in [-0.05, 0) is 45.9 Å². The summed E-state index contributed by atoms with van der Waals surface area (Å²) in [5.41, 5.74) is 0.832. The van der Waals surface area contributed by atoms with Gasteiger partial charge in [-0.1, -0.05) is 29.3 Å². The predicted molar refractivity (Wildman–Crippen MR) is 78.6 cm³/mol. The Kier molecular flexibility index (Phi) is 5.93. The molecule has 18 heavy (non-hydrogen) atoms. The van der Waals surface area contributed by atoms with Crippen LogP contribution in [0.3, 0.4) is 0 Å². The molecule has 1 aromatic rings. The topological polar surface area (TPSA) is 21.3 Å². The molecule has 0 amide bonds. The Labute approximate surface area is 120 Å². The standard InChI is InChI=1S/C14H21Cl2NO/c1-14(2,18-4)9-8-12(17-3)13-10(15)6-5-7-11(13)16/h5-7,12,17H,8-9H2,1-4H3. The fourth-order valence-electron chi connectivity index (χ4n) is 1.87. The van der Waals surface area contributed by atoms with Gasteiger partial charge in [0, 0.05) is 28.8 Å². The number of hydrogen-bond donors (Lipinski definition) is 1. The van der Waals surface area contributed by atoms with E-state index in [0.29, 0.717) is 10.0 Å². The van der Waals surface area contributed by atoms with Crippen LogP contribution in [-0.2, 0) is 4.74 Å². The smallest absolute Gasteiger partial charge is 0.0623 e. The van der Waals surface area contributed by atoms with Gasteiger partial charge in [-0.2, -0.15) is 0 Å². The van der Waals surface area contributed by atoms with Crippen molar-refractivity contribution in [3.05, 3.63) is 33.8 Å². The van der Waals surface area contributed by atoms with Crippen molar-refractivity contribution >= 4 is 23.2 Å². The molecular formula is C14H21Cl2NO. The minimum absolute atomic E-state index is 0.136. The van der Waals surface area contributed by atoms with Crippen molar-refractivity contribution in [1.82, 2.24) is 5.32 Å². The molecule has 1 rings (SSSR count). The van der Waals surface area contributed by atoms with Crippen LogP contribution in [0.4, 0.5) is 0 Å². The number of rotatable bonds is 6. The Morgan fingerprint density at radius 2 is 1.83 bits per heavy atom. The van der Waals surface area contributed by atoms with Gasteiger partial charge in [0.15, 0.2) is 0 Å². The van der Waals surface area contributed by atoms with E-state index in [1.54, 1.807) is 7.11 Å².